The van der Waals surface area contributed by atoms with Crippen molar-refractivity contribution in [3.8, 4) is 0 Å². The van der Waals surface area contributed by atoms with E-state index in [1.807, 2.05) is 0 Å². The highest BCUT2D eigenvalue weighted by molar-refractivity contribution is 5.87. The normalized spacial score (nSPS) is 10.8. The van der Waals surface area contributed by atoms with Gasteiger partial charge in [-0.1, -0.05) is 12.1 Å². The largest absolute Gasteiger partial charge is 0.478 e. The van der Waals surface area contributed by atoms with Gasteiger partial charge in [0.2, 0.25) is 0 Å². The van der Waals surface area contributed by atoms with E-state index in [9.17, 15) is 9.59 Å². The molecule has 0 spiro atoms. The average Bonchev–Trinajstić information content (AvgIpc) is 2.77. The number of aromatic nitrogens is 4. The second-order valence-electron chi connectivity index (χ2n) is 4.25. The Morgan fingerprint density at radius 2 is 2.00 bits per heavy atom. The Balaban J connectivity index is 1.95. The molecule has 2 heterocycles. The number of hydrogen-bond acceptors (Lipinski definition) is 4. The Morgan fingerprint density at radius 3 is 2.65 bits per heavy atom. The van der Waals surface area contributed by atoms with Gasteiger partial charge in [-0.25, -0.2) is 18.7 Å². The Kier molecular flexibility index (Phi) is 2.79. The molecule has 0 atom stereocenters. The number of nitrogens with zero attached hydrogens (tertiary/aromatic N) is 4. The SMILES string of the molecule is O=C(O)c1ccc(Cn2nc3cnccn3c2=O)cc1. The molecule has 0 unspecified atom stereocenters. The molecule has 0 aliphatic heterocycles. The summed E-state index contributed by atoms with van der Waals surface area (Å²) in [5.41, 5.74) is 1.22. The van der Waals surface area contributed by atoms with Crippen molar-refractivity contribution in [3.05, 3.63) is 64.5 Å². The standard InChI is InChI=1S/C13H10N4O3/c18-12(19)10-3-1-9(2-4-10)8-17-13(20)16-6-5-14-7-11(16)15-17/h1-7H,8H2,(H,18,19). The predicted octanol–water partition coefficient (Wildman–Crippen LogP) is 0.637. The Labute approximate surface area is 112 Å². The molecule has 0 saturated carbocycles. The lowest BCUT2D eigenvalue weighted by molar-refractivity contribution is 0.0697. The average molecular weight is 270 g/mol. The number of carboxylic acid groups (broad SMARTS) is 1. The quantitative estimate of drug-likeness (QED) is 0.754. The third-order valence-corrected chi connectivity index (χ3v) is 2.92. The molecule has 20 heavy (non-hydrogen) atoms. The fourth-order valence-electron chi connectivity index (χ4n) is 1.91. The molecule has 0 bridgehead atoms. The molecule has 0 amide bonds. The smallest absolute Gasteiger partial charge is 0.350 e. The van der Waals surface area contributed by atoms with Gasteiger partial charge in [-0.2, -0.15) is 0 Å². The first kappa shape index (κ1) is 12.1. The summed E-state index contributed by atoms with van der Waals surface area (Å²) in [5.74, 6) is -0.979. The van der Waals surface area contributed by atoms with Crippen LogP contribution in [-0.2, 0) is 6.54 Å². The molecule has 1 N–H and O–H groups in total. The van der Waals surface area contributed by atoms with Crippen molar-refractivity contribution in [1.29, 1.82) is 0 Å². The van der Waals surface area contributed by atoms with Gasteiger partial charge in [-0.3, -0.25) is 4.98 Å². The Bertz CT molecular complexity index is 833. The van der Waals surface area contributed by atoms with E-state index in [4.69, 9.17) is 5.11 Å². The molecule has 0 saturated heterocycles. The zero-order valence-corrected chi connectivity index (χ0v) is 10.3. The second-order valence-corrected chi connectivity index (χ2v) is 4.25. The van der Waals surface area contributed by atoms with Gasteiger partial charge >= 0.3 is 11.7 Å². The lowest BCUT2D eigenvalue weighted by atomic mass is 10.1. The summed E-state index contributed by atoms with van der Waals surface area (Å²) >= 11 is 0. The molecular weight excluding hydrogens is 260 g/mol. The molecule has 2 aromatic heterocycles. The van der Waals surface area contributed by atoms with Gasteiger partial charge in [0, 0.05) is 12.4 Å². The Morgan fingerprint density at radius 1 is 1.25 bits per heavy atom. The first-order chi connectivity index (χ1) is 9.65. The third kappa shape index (κ3) is 2.05. The van der Waals surface area contributed by atoms with E-state index >= 15 is 0 Å². The van der Waals surface area contributed by atoms with E-state index < -0.39 is 5.97 Å². The zero-order valence-electron chi connectivity index (χ0n) is 10.3. The maximum Gasteiger partial charge on any atom is 0.350 e. The lowest BCUT2D eigenvalue weighted by Gasteiger charge is -2.00. The van der Waals surface area contributed by atoms with Crippen molar-refractivity contribution in [2.45, 2.75) is 6.54 Å². The highest BCUT2D eigenvalue weighted by atomic mass is 16.4. The Hall–Kier alpha value is -2.96. The molecule has 1 aromatic carbocycles. The van der Waals surface area contributed by atoms with Gasteiger partial charge in [0.05, 0.1) is 18.3 Å². The van der Waals surface area contributed by atoms with Crippen molar-refractivity contribution < 1.29 is 9.90 Å². The van der Waals surface area contributed by atoms with Crippen LogP contribution in [0.25, 0.3) is 5.65 Å². The van der Waals surface area contributed by atoms with Crippen LogP contribution < -0.4 is 5.69 Å². The minimum Gasteiger partial charge on any atom is -0.478 e. The van der Waals surface area contributed by atoms with Gasteiger partial charge < -0.3 is 5.11 Å². The van der Waals surface area contributed by atoms with Crippen LogP contribution in [0.4, 0.5) is 0 Å². The van der Waals surface area contributed by atoms with Crippen molar-refractivity contribution in [3.63, 3.8) is 0 Å². The summed E-state index contributed by atoms with van der Waals surface area (Å²) in [4.78, 5) is 26.7. The van der Waals surface area contributed by atoms with Crippen LogP contribution in [0.5, 0.6) is 0 Å². The zero-order chi connectivity index (χ0) is 14.1. The molecule has 0 aliphatic rings. The number of carboxylic acids is 1. The molecule has 0 fully saturated rings. The van der Waals surface area contributed by atoms with Crippen LogP contribution >= 0.6 is 0 Å². The van der Waals surface area contributed by atoms with Crippen LogP contribution in [-0.4, -0.2) is 30.2 Å². The van der Waals surface area contributed by atoms with E-state index in [1.54, 1.807) is 18.3 Å². The van der Waals surface area contributed by atoms with Crippen LogP contribution in [0.15, 0.2) is 47.7 Å². The van der Waals surface area contributed by atoms with Crippen LogP contribution in [0.1, 0.15) is 15.9 Å². The number of hydrogen-bond donors (Lipinski definition) is 1. The van der Waals surface area contributed by atoms with Gasteiger partial charge in [0.15, 0.2) is 5.65 Å². The van der Waals surface area contributed by atoms with Gasteiger partial charge in [0.1, 0.15) is 0 Å². The maximum atomic E-state index is 12.0. The van der Waals surface area contributed by atoms with Crippen LogP contribution in [0.2, 0.25) is 0 Å². The third-order valence-electron chi connectivity index (χ3n) is 2.92. The summed E-state index contributed by atoms with van der Waals surface area (Å²) in [6.07, 6.45) is 4.57. The fraction of sp³-hybridized carbons (Fsp3) is 0.0769. The summed E-state index contributed by atoms with van der Waals surface area (Å²) in [6.45, 7) is 0.278. The summed E-state index contributed by atoms with van der Waals surface area (Å²) in [5, 5.41) is 13.0. The van der Waals surface area contributed by atoms with Crippen LogP contribution in [0.3, 0.4) is 0 Å². The maximum absolute atomic E-state index is 12.0. The monoisotopic (exact) mass is 270 g/mol. The first-order valence-electron chi connectivity index (χ1n) is 5.86. The summed E-state index contributed by atoms with van der Waals surface area (Å²) in [7, 11) is 0. The molecule has 100 valence electrons. The number of carbonyl (C=O) groups is 1. The van der Waals surface area contributed by atoms with E-state index in [1.165, 1.54) is 33.6 Å². The number of benzene rings is 1. The molecule has 3 aromatic rings. The van der Waals surface area contributed by atoms with E-state index in [0.29, 0.717) is 5.65 Å². The van der Waals surface area contributed by atoms with E-state index in [0.717, 1.165) is 5.56 Å². The van der Waals surface area contributed by atoms with Gasteiger partial charge in [-0.05, 0) is 17.7 Å². The van der Waals surface area contributed by atoms with E-state index in [2.05, 4.69) is 10.1 Å². The topological polar surface area (TPSA) is 89.5 Å². The number of aromatic carboxylic acids is 1. The number of fused-ring (bicyclic) bond motifs is 1. The first-order valence-corrected chi connectivity index (χ1v) is 5.86. The van der Waals surface area contributed by atoms with Crippen molar-refractivity contribution >= 4 is 11.6 Å². The predicted molar refractivity (Wildman–Crippen MR) is 69.8 cm³/mol. The van der Waals surface area contributed by atoms with Crippen molar-refractivity contribution in [1.82, 2.24) is 19.2 Å². The summed E-state index contributed by atoms with van der Waals surface area (Å²) in [6, 6.07) is 6.33. The molecule has 7 nitrogen and oxygen atoms in total. The van der Waals surface area contributed by atoms with Gasteiger partial charge in [0.25, 0.3) is 0 Å². The van der Waals surface area contributed by atoms with Crippen molar-refractivity contribution in [2.75, 3.05) is 0 Å². The minimum atomic E-state index is -0.979. The van der Waals surface area contributed by atoms with E-state index in [-0.39, 0.29) is 17.8 Å². The highest BCUT2D eigenvalue weighted by Gasteiger charge is 2.07. The molecular formula is C13H10N4O3. The number of rotatable bonds is 3. The highest BCUT2D eigenvalue weighted by Crippen LogP contribution is 2.05. The van der Waals surface area contributed by atoms with Crippen LogP contribution in [0, 0.1) is 0 Å². The molecule has 3 rings (SSSR count). The molecule has 0 aliphatic carbocycles. The second kappa shape index (κ2) is 4.61. The molecule has 7 heteroatoms. The minimum absolute atomic E-state index is 0.209. The fourth-order valence-corrected chi connectivity index (χ4v) is 1.91. The van der Waals surface area contributed by atoms with Crippen molar-refractivity contribution in [2.24, 2.45) is 0 Å². The summed E-state index contributed by atoms with van der Waals surface area (Å²) < 4.78 is 2.71. The lowest BCUT2D eigenvalue weighted by Crippen LogP contribution is -2.21. The molecule has 0 radical (unpaired) electrons. The van der Waals surface area contributed by atoms with Gasteiger partial charge in [-0.15, -0.1) is 5.10 Å².